The Balaban J connectivity index is 1.58. The number of aromatic nitrogens is 1. The average molecular weight is 348 g/mol. The molecule has 0 radical (unpaired) electrons. The molecule has 2 aromatic carbocycles. The summed E-state index contributed by atoms with van der Waals surface area (Å²) in [5, 5.41) is 1.06. The third-order valence-electron chi connectivity index (χ3n) is 4.60. The van der Waals surface area contributed by atoms with Gasteiger partial charge in [-0.25, -0.2) is 4.98 Å². The van der Waals surface area contributed by atoms with E-state index in [0.29, 0.717) is 0 Å². The van der Waals surface area contributed by atoms with Crippen LogP contribution in [0.5, 0.6) is 0 Å². The monoisotopic (exact) mass is 348 g/mol. The molecule has 0 bridgehead atoms. The highest BCUT2D eigenvalue weighted by Gasteiger charge is 2.29. The number of rotatable bonds is 3. The van der Waals surface area contributed by atoms with Gasteiger partial charge in [0.05, 0.1) is 16.3 Å². The predicted octanol–water partition coefficient (Wildman–Crippen LogP) is 5.06. The fraction of sp³-hybridized carbons (Fsp3) is 0.238. The number of hydrogen-bond donors (Lipinski definition) is 0. The van der Waals surface area contributed by atoms with Crippen molar-refractivity contribution in [2.45, 2.75) is 25.3 Å². The zero-order chi connectivity index (χ0) is 17.1. The van der Waals surface area contributed by atoms with Crippen molar-refractivity contribution in [2.75, 3.05) is 6.54 Å². The number of fused-ring (bicyclic) bond motifs is 1. The van der Waals surface area contributed by atoms with Gasteiger partial charge in [-0.2, -0.15) is 0 Å². The lowest BCUT2D eigenvalue weighted by Crippen LogP contribution is -2.37. The first kappa shape index (κ1) is 16.0. The predicted molar refractivity (Wildman–Crippen MR) is 103 cm³/mol. The topological polar surface area (TPSA) is 33.2 Å². The van der Waals surface area contributed by atoms with E-state index in [1.54, 1.807) is 17.4 Å². The number of benzene rings is 2. The van der Waals surface area contributed by atoms with Gasteiger partial charge in [0.15, 0.2) is 0 Å². The molecule has 1 atom stereocenters. The molecule has 1 amide bonds. The van der Waals surface area contributed by atoms with E-state index >= 15 is 0 Å². The Morgan fingerprint density at radius 2 is 1.88 bits per heavy atom. The molecule has 1 saturated heterocycles. The first-order valence-corrected chi connectivity index (χ1v) is 9.52. The van der Waals surface area contributed by atoms with Gasteiger partial charge < -0.3 is 4.90 Å². The maximum absolute atomic E-state index is 12.8. The third-order valence-corrected chi connectivity index (χ3v) is 5.74. The quantitative estimate of drug-likeness (QED) is 0.620. The number of carbonyl (C=O) groups excluding carboxylic acids is 1. The van der Waals surface area contributed by atoms with Gasteiger partial charge in [0.25, 0.3) is 0 Å². The molecule has 0 saturated carbocycles. The van der Waals surface area contributed by atoms with Crippen LogP contribution in [0.4, 0.5) is 0 Å². The van der Waals surface area contributed by atoms with Crippen molar-refractivity contribution in [3.05, 3.63) is 71.2 Å². The second kappa shape index (κ2) is 7.19. The summed E-state index contributed by atoms with van der Waals surface area (Å²) >= 11 is 1.71. The summed E-state index contributed by atoms with van der Waals surface area (Å²) in [5.41, 5.74) is 2.07. The van der Waals surface area contributed by atoms with Crippen LogP contribution < -0.4 is 0 Å². The van der Waals surface area contributed by atoms with Crippen LogP contribution in [0.15, 0.2) is 60.7 Å². The molecule has 4 rings (SSSR count). The van der Waals surface area contributed by atoms with Gasteiger partial charge in [0.1, 0.15) is 5.01 Å². The average Bonchev–Trinajstić information content (AvgIpc) is 3.11. The number of nitrogens with zero attached hydrogens (tertiary/aromatic N) is 2. The molecule has 2 heterocycles. The van der Waals surface area contributed by atoms with Crippen LogP contribution in [0.2, 0.25) is 0 Å². The summed E-state index contributed by atoms with van der Waals surface area (Å²) in [6.45, 7) is 0.804. The van der Waals surface area contributed by atoms with Crippen molar-refractivity contribution in [1.29, 1.82) is 0 Å². The van der Waals surface area contributed by atoms with Crippen LogP contribution in [-0.4, -0.2) is 22.3 Å². The highest BCUT2D eigenvalue weighted by atomic mass is 32.1. The number of carbonyl (C=O) groups is 1. The minimum absolute atomic E-state index is 0.0767. The maximum atomic E-state index is 12.8. The first-order valence-electron chi connectivity index (χ1n) is 8.70. The van der Waals surface area contributed by atoms with E-state index < -0.39 is 0 Å². The minimum atomic E-state index is 0.0767. The molecule has 3 nitrogen and oxygen atoms in total. The Labute approximate surface area is 151 Å². The number of hydrogen-bond acceptors (Lipinski definition) is 3. The van der Waals surface area contributed by atoms with Crippen molar-refractivity contribution >= 4 is 33.5 Å². The Hall–Kier alpha value is -2.46. The third kappa shape index (κ3) is 3.49. The van der Waals surface area contributed by atoms with Crippen LogP contribution in [0.25, 0.3) is 16.3 Å². The van der Waals surface area contributed by atoms with Gasteiger partial charge >= 0.3 is 0 Å². The molecular formula is C21H20N2OS. The number of thiazole rings is 1. The number of likely N-dealkylation sites (tertiary alicyclic amines) is 1. The zero-order valence-corrected chi connectivity index (χ0v) is 14.8. The summed E-state index contributed by atoms with van der Waals surface area (Å²) in [7, 11) is 0. The van der Waals surface area contributed by atoms with Crippen molar-refractivity contribution in [2.24, 2.45) is 0 Å². The molecule has 4 heteroatoms. The molecular weight excluding hydrogens is 328 g/mol. The molecule has 1 aliphatic rings. The molecule has 126 valence electrons. The van der Waals surface area contributed by atoms with E-state index in [1.165, 1.54) is 4.70 Å². The number of piperidine rings is 1. The number of amides is 1. The van der Waals surface area contributed by atoms with Crippen molar-refractivity contribution < 1.29 is 4.79 Å². The summed E-state index contributed by atoms with van der Waals surface area (Å²) < 4.78 is 1.19. The molecule has 0 aliphatic carbocycles. The van der Waals surface area contributed by atoms with Gasteiger partial charge in [-0.3, -0.25) is 4.79 Å². The lowest BCUT2D eigenvalue weighted by atomic mass is 10.0. The minimum Gasteiger partial charge on any atom is -0.330 e. The Morgan fingerprint density at radius 3 is 2.72 bits per heavy atom. The summed E-state index contributed by atoms with van der Waals surface area (Å²) in [5.74, 6) is 0.0767. The van der Waals surface area contributed by atoms with Gasteiger partial charge in [-0.15, -0.1) is 11.3 Å². The van der Waals surface area contributed by atoms with Crippen LogP contribution >= 0.6 is 11.3 Å². The Bertz CT molecular complexity index is 867. The molecule has 0 unspecified atom stereocenters. The Morgan fingerprint density at radius 1 is 1.08 bits per heavy atom. The lowest BCUT2D eigenvalue weighted by molar-refractivity contribution is -0.129. The fourth-order valence-corrected chi connectivity index (χ4v) is 4.43. The smallest absolute Gasteiger partial charge is 0.247 e. The maximum Gasteiger partial charge on any atom is 0.247 e. The summed E-state index contributed by atoms with van der Waals surface area (Å²) in [6, 6.07) is 18.2. The van der Waals surface area contributed by atoms with E-state index in [4.69, 9.17) is 4.98 Å². The number of para-hydroxylation sites is 1. The second-order valence-corrected chi connectivity index (χ2v) is 7.37. The Kier molecular flexibility index (Phi) is 4.61. The van der Waals surface area contributed by atoms with Crippen molar-refractivity contribution in [3.8, 4) is 0 Å². The van der Waals surface area contributed by atoms with E-state index in [9.17, 15) is 4.79 Å². The molecule has 3 aromatic rings. The largest absolute Gasteiger partial charge is 0.330 e. The van der Waals surface area contributed by atoms with Gasteiger partial charge in [0, 0.05) is 12.6 Å². The summed E-state index contributed by atoms with van der Waals surface area (Å²) in [6.07, 6.45) is 6.79. The van der Waals surface area contributed by atoms with E-state index in [2.05, 4.69) is 6.07 Å². The fourth-order valence-electron chi connectivity index (χ4n) is 3.31. The molecule has 25 heavy (non-hydrogen) atoms. The van der Waals surface area contributed by atoms with Crippen LogP contribution in [0, 0.1) is 0 Å². The molecule has 1 aromatic heterocycles. The first-order chi connectivity index (χ1) is 12.3. The van der Waals surface area contributed by atoms with Gasteiger partial charge in [0.2, 0.25) is 5.91 Å². The van der Waals surface area contributed by atoms with Crippen LogP contribution in [0.1, 0.15) is 35.9 Å². The molecule has 1 aliphatic heterocycles. The van der Waals surface area contributed by atoms with Crippen LogP contribution in [-0.2, 0) is 4.79 Å². The van der Waals surface area contributed by atoms with Gasteiger partial charge in [-0.1, -0.05) is 42.5 Å². The van der Waals surface area contributed by atoms with E-state index in [0.717, 1.165) is 41.9 Å². The highest BCUT2D eigenvalue weighted by molar-refractivity contribution is 7.18. The molecule has 0 spiro atoms. The zero-order valence-electron chi connectivity index (χ0n) is 14.0. The van der Waals surface area contributed by atoms with Crippen molar-refractivity contribution in [1.82, 2.24) is 9.88 Å². The second-order valence-electron chi connectivity index (χ2n) is 6.31. The lowest BCUT2D eigenvalue weighted by Gasteiger charge is -2.33. The normalized spacial score (nSPS) is 18.1. The molecule has 1 fully saturated rings. The van der Waals surface area contributed by atoms with Gasteiger partial charge in [-0.05, 0) is 43.0 Å². The van der Waals surface area contributed by atoms with Crippen molar-refractivity contribution in [3.63, 3.8) is 0 Å². The SMILES string of the molecule is O=C(/C=C/c1ccccc1)N1CCCC[C@@H]1c1nc2ccccc2s1. The standard InChI is InChI=1S/C21H20N2OS/c24-20(14-13-16-8-2-1-3-9-16)23-15-7-6-11-18(23)21-22-17-10-4-5-12-19(17)25-21/h1-5,8-10,12-14,18H,6-7,11,15H2/b14-13+/t18-/m1/s1. The summed E-state index contributed by atoms with van der Waals surface area (Å²) in [4.78, 5) is 19.6. The highest BCUT2D eigenvalue weighted by Crippen LogP contribution is 2.35. The van der Waals surface area contributed by atoms with E-state index in [1.807, 2.05) is 59.5 Å². The molecule has 0 N–H and O–H groups in total. The van der Waals surface area contributed by atoms with Crippen LogP contribution in [0.3, 0.4) is 0 Å². The van der Waals surface area contributed by atoms with E-state index in [-0.39, 0.29) is 11.9 Å².